The van der Waals surface area contributed by atoms with Crippen molar-refractivity contribution >= 4 is 0 Å². The first kappa shape index (κ1) is 11.4. The highest BCUT2D eigenvalue weighted by Gasteiger charge is 2.44. The highest BCUT2D eigenvalue weighted by Crippen LogP contribution is 2.40. The number of likely N-dealkylation sites (tertiary alicyclic amines) is 1. The predicted molar refractivity (Wildman–Crippen MR) is 52.7 cm³/mol. The highest BCUT2D eigenvalue weighted by atomic mass is 19.4. The normalized spacial score (nSPS) is 28.2. The van der Waals surface area contributed by atoms with E-state index in [1.165, 1.54) is 0 Å². The summed E-state index contributed by atoms with van der Waals surface area (Å²) >= 11 is 0. The van der Waals surface area contributed by atoms with E-state index < -0.39 is 12.1 Å². The van der Waals surface area contributed by atoms with Crippen LogP contribution in [0.5, 0.6) is 0 Å². The summed E-state index contributed by atoms with van der Waals surface area (Å²) < 4.78 is 37.9. The zero-order valence-corrected chi connectivity index (χ0v) is 8.96. The Bertz CT molecular complexity index is 334. The summed E-state index contributed by atoms with van der Waals surface area (Å²) in [5.74, 6) is -1.20. The van der Waals surface area contributed by atoms with E-state index in [0.29, 0.717) is 6.54 Å². The Labute approximate surface area is 91.6 Å². The fraction of sp³-hybridized carbons (Fsp3) is 0.700. The molecule has 2 atom stereocenters. The predicted octanol–water partition coefficient (Wildman–Crippen LogP) is 2.35. The molecule has 1 aromatic rings. The van der Waals surface area contributed by atoms with E-state index in [2.05, 4.69) is 10.2 Å². The Kier molecular flexibility index (Phi) is 2.92. The number of nitrogens with one attached hydrogen (secondary N) is 1. The van der Waals surface area contributed by atoms with Gasteiger partial charge in [-0.1, -0.05) is 0 Å². The molecule has 16 heavy (non-hydrogen) atoms. The molecule has 1 aromatic heterocycles. The number of hydrogen-bond acceptors (Lipinski definition) is 2. The number of H-pyrrole nitrogens is 1. The summed E-state index contributed by atoms with van der Waals surface area (Å²) in [6.07, 6.45) is -2.22. The maximum atomic E-state index is 12.6. The van der Waals surface area contributed by atoms with E-state index in [9.17, 15) is 13.2 Å². The smallest absolute Gasteiger partial charge is 0.298 e. The third kappa shape index (κ3) is 2.21. The number of alkyl halides is 3. The van der Waals surface area contributed by atoms with Crippen LogP contribution in [0.2, 0.25) is 0 Å². The molecule has 0 spiro atoms. The molecule has 1 saturated heterocycles. The molecule has 0 saturated carbocycles. The minimum absolute atomic E-state index is 0.113. The van der Waals surface area contributed by atoms with Crippen LogP contribution in [0, 0.1) is 5.92 Å². The Morgan fingerprint density at radius 3 is 2.81 bits per heavy atom. The molecule has 2 heterocycles. The van der Waals surface area contributed by atoms with Gasteiger partial charge in [-0.05, 0) is 32.5 Å². The SMILES string of the molecule is CN1CC[C@H](C(F)(F)F)C[C@@H]1c1ccn[nH]1. The van der Waals surface area contributed by atoms with Crippen molar-refractivity contribution in [2.24, 2.45) is 5.92 Å². The third-order valence-corrected chi connectivity index (χ3v) is 3.21. The first-order valence-corrected chi connectivity index (χ1v) is 5.24. The lowest BCUT2D eigenvalue weighted by atomic mass is 9.89. The maximum Gasteiger partial charge on any atom is 0.391 e. The largest absolute Gasteiger partial charge is 0.391 e. The molecular formula is C10H14F3N3. The summed E-state index contributed by atoms with van der Waals surface area (Å²) in [5.41, 5.74) is 0.761. The van der Waals surface area contributed by atoms with Gasteiger partial charge in [0, 0.05) is 6.20 Å². The molecule has 0 radical (unpaired) electrons. The minimum Gasteiger partial charge on any atom is -0.298 e. The summed E-state index contributed by atoms with van der Waals surface area (Å²) in [7, 11) is 1.85. The second kappa shape index (κ2) is 4.08. The lowest BCUT2D eigenvalue weighted by Crippen LogP contribution is -2.39. The van der Waals surface area contributed by atoms with Gasteiger partial charge in [0.2, 0.25) is 0 Å². The average Bonchev–Trinajstić information content (AvgIpc) is 2.69. The minimum atomic E-state index is -4.08. The van der Waals surface area contributed by atoms with E-state index in [0.717, 1.165) is 5.69 Å². The fourth-order valence-electron chi connectivity index (χ4n) is 2.20. The quantitative estimate of drug-likeness (QED) is 0.807. The van der Waals surface area contributed by atoms with Gasteiger partial charge >= 0.3 is 6.18 Å². The third-order valence-electron chi connectivity index (χ3n) is 3.21. The van der Waals surface area contributed by atoms with Gasteiger partial charge in [-0.15, -0.1) is 0 Å². The molecule has 1 aliphatic heterocycles. The number of nitrogens with zero attached hydrogens (tertiary/aromatic N) is 2. The molecule has 3 nitrogen and oxygen atoms in total. The lowest BCUT2D eigenvalue weighted by Gasteiger charge is -2.37. The zero-order chi connectivity index (χ0) is 11.8. The number of aromatic amines is 1. The summed E-state index contributed by atoms with van der Waals surface area (Å²) in [6.45, 7) is 0.466. The van der Waals surface area contributed by atoms with Gasteiger partial charge in [0.15, 0.2) is 0 Å². The van der Waals surface area contributed by atoms with Crippen molar-refractivity contribution in [2.75, 3.05) is 13.6 Å². The van der Waals surface area contributed by atoms with Crippen LogP contribution in [-0.4, -0.2) is 34.9 Å². The van der Waals surface area contributed by atoms with Crippen molar-refractivity contribution in [1.29, 1.82) is 0 Å². The van der Waals surface area contributed by atoms with Crippen LogP contribution in [0.1, 0.15) is 24.6 Å². The van der Waals surface area contributed by atoms with Crippen LogP contribution in [0.3, 0.4) is 0 Å². The molecule has 0 bridgehead atoms. The molecule has 6 heteroatoms. The second-order valence-electron chi connectivity index (χ2n) is 4.27. The summed E-state index contributed by atoms with van der Waals surface area (Å²) in [4.78, 5) is 1.94. The van der Waals surface area contributed by atoms with Crippen LogP contribution in [0.15, 0.2) is 12.3 Å². The number of aromatic nitrogens is 2. The maximum absolute atomic E-state index is 12.6. The van der Waals surface area contributed by atoms with Crippen molar-refractivity contribution in [3.05, 3.63) is 18.0 Å². The van der Waals surface area contributed by atoms with Crippen LogP contribution in [0.4, 0.5) is 13.2 Å². The monoisotopic (exact) mass is 233 g/mol. The van der Waals surface area contributed by atoms with Crippen molar-refractivity contribution in [2.45, 2.75) is 25.1 Å². The van der Waals surface area contributed by atoms with E-state index in [4.69, 9.17) is 0 Å². The zero-order valence-electron chi connectivity index (χ0n) is 8.96. The molecule has 1 N–H and O–H groups in total. The molecule has 0 aromatic carbocycles. The van der Waals surface area contributed by atoms with Crippen molar-refractivity contribution in [3.63, 3.8) is 0 Å². The van der Waals surface area contributed by atoms with Gasteiger partial charge in [-0.3, -0.25) is 10.00 Å². The van der Waals surface area contributed by atoms with Gasteiger partial charge in [0.05, 0.1) is 17.7 Å². The van der Waals surface area contributed by atoms with Gasteiger partial charge in [-0.25, -0.2) is 0 Å². The van der Waals surface area contributed by atoms with Gasteiger partial charge in [0.25, 0.3) is 0 Å². The Hall–Kier alpha value is -1.04. The van der Waals surface area contributed by atoms with E-state index >= 15 is 0 Å². The molecule has 1 aliphatic rings. The van der Waals surface area contributed by atoms with Crippen molar-refractivity contribution < 1.29 is 13.2 Å². The lowest BCUT2D eigenvalue weighted by molar-refractivity contribution is -0.189. The molecule has 1 fully saturated rings. The number of hydrogen-bond donors (Lipinski definition) is 1. The fourth-order valence-corrected chi connectivity index (χ4v) is 2.20. The highest BCUT2D eigenvalue weighted by molar-refractivity contribution is 5.06. The molecule has 2 rings (SSSR count). The van der Waals surface area contributed by atoms with Gasteiger partial charge < -0.3 is 0 Å². The molecule has 0 amide bonds. The molecule has 0 aliphatic carbocycles. The van der Waals surface area contributed by atoms with E-state index in [-0.39, 0.29) is 18.9 Å². The topological polar surface area (TPSA) is 31.9 Å². The van der Waals surface area contributed by atoms with Gasteiger partial charge in [0.1, 0.15) is 0 Å². The van der Waals surface area contributed by atoms with Crippen molar-refractivity contribution in [3.8, 4) is 0 Å². The number of halogens is 3. The average molecular weight is 233 g/mol. The van der Waals surface area contributed by atoms with Crippen LogP contribution >= 0.6 is 0 Å². The number of piperidine rings is 1. The first-order valence-electron chi connectivity index (χ1n) is 5.24. The van der Waals surface area contributed by atoms with Crippen LogP contribution in [0.25, 0.3) is 0 Å². The molecule has 0 unspecified atom stereocenters. The standard InChI is InChI=1S/C10H14F3N3/c1-16-5-3-7(10(11,12)13)6-9(16)8-2-4-14-15-8/h2,4,7,9H,3,5-6H2,1H3,(H,14,15)/t7-,9+/m0/s1. The van der Waals surface area contributed by atoms with E-state index in [1.807, 2.05) is 11.9 Å². The Morgan fingerprint density at radius 1 is 1.50 bits per heavy atom. The second-order valence-corrected chi connectivity index (χ2v) is 4.27. The Balaban J connectivity index is 2.13. The Morgan fingerprint density at radius 2 is 2.25 bits per heavy atom. The van der Waals surface area contributed by atoms with Crippen LogP contribution < -0.4 is 0 Å². The van der Waals surface area contributed by atoms with Crippen molar-refractivity contribution in [1.82, 2.24) is 15.1 Å². The van der Waals surface area contributed by atoms with E-state index in [1.54, 1.807) is 12.3 Å². The number of rotatable bonds is 1. The summed E-state index contributed by atoms with van der Waals surface area (Å²) in [5, 5.41) is 6.54. The molecular weight excluding hydrogens is 219 g/mol. The van der Waals surface area contributed by atoms with Crippen LogP contribution in [-0.2, 0) is 0 Å². The first-order chi connectivity index (χ1) is 7.48. The van der Waals surface area contributed by atoms with Gasteiger partial charge in [-0.2, -0.15) is 18.3 Å². The summed E-state index contributed by atoms with van der Waals surface area (Å²) in [6, 6.07) is 1.53. The molecule has 90 valence electrons.